The van der Waals surface area contributed by atoms with Gasteiger partial charge < -0.3 is 9.51 Å². The zero-order valence-corrected chi connectivity index (χ0v) is 17.4. The second-order valence-electron chi connectivity index (χ2n) is 7.54. The molecule has 1 saturated carbocycles. The molecule has 0 aliphatic heterocycles. The average Bonchev–Trinajstić information content (AvgIpc) is 3.45. The molecule has 0 radical (unpaired) electrons. The van der Waals surface area contributed by atoms with Gasteiger partial charge in [-0.3, -0.25) is 10.0 Å². The van der Waals surface area contributed by atoms with E-state index in [-0.39, 0.29) is 35.8 Å². The lowest BCUT2D eigenvalue weighted by Crippen LogP contribution is -2.25. The predicted octanol–water partition coefficient (Wildman–Crippen LogP) is 1.40. The van der Waals surface area contributed by atoms with Crippen molar-refractivity contribution in [2.75, 3.05) is 0 Å². The molecule has 0 spiro atoms. The lowest BCUT2D eigenvalue weighted by atomic mass is 9.84. The van der Waals surface area contributed by atoms with E-state index in [4.69, 9.17) is 9.73 Å². The highest BCUT2D eigenvalue weighted by Crippen LogP contribution is 2.31. The van der Waals surface area contributed by atoms with Gasteiger partial charge in [-0.15, -0.1) is 10.2 Å². The highest BCUT2D eigenvalue weighted by molar-refractivity contribution is 7.89. The van der Waals surface area contributed by atoms with E-state index in [0.717, 1.165) is 25.1 Å². The van der Waals surface area contributed by atoms with Crippen molar-refractivity contribution in [3.05, 3.63) is 18.0 Å². The van der Waals surface area contributed by atoms with Crippen LogP contribution in [0.5, 0.6) is 0 Å². The standard InChI is InChI=1S/C17H27N7O5S/c25-15(23-26)9-13(8-4-7-12-5-2-1-3-6-12)16-21-14(24-29-16)10-20-30(27,28)17-18-11-19-22-17/h11-13,20,26H,1-10H2,(H,23,25)(H,18,19,22)/t13-/m1/s1. The van der Waals surface area contributed by atoms with Gasteiger partial charge in [-0.05, 0) is 12.3 Å². The normalized spacial score (nSPS) is 16.4. The van der Waals surface area contributed by atoms with Crippen LogP contribution in [-0.2, 0) is 21.4 Å². The van der Waals surface area contributed by atoms with Gasteiger partial charge in [0.05, 0.1) is 6.54 Å². The molecular weight excluding hydrogens is 414 g/mol. The number of hydrogen-bond acceptors (Lipinski definition) is 9. The number of aromatic nitrogens is 5. The van der Waals surface area contributed by atoms with Crippen LogP contribution in [0.4, 0.5) is 0 Å². The number of carbonyl (C=O) groups is 1. The van der Waals surface area contributed by atoms with Crippen molar-refractivity contribution in [3.63, 3.8) is 0 Å². The van der Waals surface area contributed by atoms with Gasteiger partial charge in [-0.1, -0.05) is 50.1 Å². The van der Waals surface area contributed by atoms with Crippen LogP contribution in [0.15, 0.2) is 16.0 Å². The number of H-pyrrole nitrogens is 1. The van der Waals surface area contributed by atoms with E-state index in [0.29, 0.717) is 6.42 Å². The molecule has 30 heavy (non-hydrogen) atoms. The Bertz CT molecular complexity index is 894. The summed E-state index contributed by atoms with van der Waals surface area (Å²) in [6.07, 6.45) is 10.2. The van der Waals surface area contributed by atoms with Crippen molar-refractivity contribution in [1.82, 2.24) is 35.5 Å². The Balaban J connectivity index is 1.57. The molecule has 3 rings (SSSR count). The fourth-order valence-electron chi connectivity index (χ4n) is 3.77. The molecule has 166 valence electrons. The minimum atomic E-state index is -3.87. The minimum Gasteiger partial charge on any atom is -0.339 e. The highest BCUT2D eigenvalue weighted by Gasteiger charge is 2.24. The average molecular weight is 442 g/mol. The Morgan fingerprint density at radius 2 is 2.13 bits per heavy atom. The van der Waals surface area contributed by atoms with E-state index in [9.17, 15) is 13.2 Å². The topological polar surface area (TPSA) is 176 Å². The van der Waals surface area contributed by atoms with Crippen LogP contribution in [0.2, 0.25) is 0 Å². The Morgan fingerprint density at radius 3 is 2.83 bits per heavy atom. The van der Waals surface area contributed by atoms with Gasteiger partial charge in [-0.25, -0.2) is 18.6 Å². The largest absolute Gasteiger partial charge is 0.339 e. The van der Waals surface area contributed by atoms with E-state index < -0.39 is 15.9 Å². The second-order valence-corrected chi connectivity index (χ2v) is 9.22. The first-order valence-electron chi connectivity index (χ1n) is 10.1. The summed E-state index contributed by atoms with van der Waals surface area (Å²) >= 11 is 0. The number of nitrogens with zero attached hydrogens (tertiary/aromatic N) is 4. The third-order valence-corrected chi connectivity index (χ3v) is 6.58. The van der Waals surface area contributed by atoms with Crippen molar-refractivity contribution >= 4 is 15.9 Å². The molecule has 0 aromatic carbocycles. The number of hydrogen-bond donors (Lipinski definition) is 4. The molecule has 0 saturated heterocycles. The molecule has 1 atom stereocenters. The zero-order chi connectivity index (χ0) is 21.4. The van der Waals surface area contributed by atoms with Crippen LogP contribution in [-0.4, -0.2) is 44.9 Å². The van der Waals surface area contributed by atoms with Gasteiger partial charge in [0.1, 0.15) is 6.33 Å². The maximum Gasteiger partial charge on any atom is 0.276 e. The molecule has 1 aliphatic carbocycles. The molecule has 2 heterocycles. The summed E-state index contributed by atoms with van der Waals surface area (Å²) in [5.74, 6) is 0.206. The van der Waals surface area contributed by atoms with Crippen LogP contribution in [0, 0.1) is 5.92 Å². The Labute approximate surface area is 174 Å². The highest BCUT2D eigenvalue weighted by atomic mass is 32.2. The zero-order valence-electron chi connectivity index (χ0n) is 16.6. The molecule has 13 heteroatoms. The van der Waals surface area contributed by atoms with Crippen LogP contribution in [0.1, 0.15) is 75.4 Å². The van der Waals surface area contributed by atoms with E-state index >= 15 is 0 Å². The molecule has 12 nitrogen and oxygen atoms in total. The Hall–Kier alpha value is -2.38. The van der Waals surface area contributed by atoms with Crippen molar-refractivity contribution in [2.45, 2.75) is 75.4 Å². The Kier molecular flexibility index (Phi) is 7.87. The molecule has 1 fully saturated rings. The van der Waals surface area contributed by atoms with Gasteiger partial charge in [0.2, 0.25) is 11.8 Å². The summed E-state index contributed by atoms with van der Waals surface area (Å²) in [5.41, 5.74) is 1.64. The van der Waals surface area contributed by atoms with Gasteiger partial charge >= 0.3 is 0 Å². The molecule has 0 bridgehead atoms. The summed E-state index contributed by atoms with van der Waals surface area (Å²) in [6, 6.07) is 0. The number of carbonyl (C=O) groups excluding carboxylic acids is 1. The molecule has 1 amide bonds. The van der Waals surface area contributed by atoms with Gasteiger partial charge in [-0.2, -0.15) is 4.98 Å². The monoisotopic (exact) mass is 441 g/mol. The number of aromatic amines is 1. The van der Waals surface area contributed by atoms with Gasteiger partial charge in [0.25, 0.3) is 15.2 Å². The number of hydroxylamine groups is 1. The first-order chi connectivity index (χ1) is 14.5. The predicted molar refractivity (Wildman–Crippen MR) is 102 cm³/mol. The fraction of sp³-hybridized carbons (Fsp3) is 0.706. The fourth-order valence-corrected chi connectivity index (χ4v) is 4.59. The number of sulfonamides is 1. The van der Waals surface area contributed by atoms with Crippen molar-refractivity contribution in [3.8, 4) is 0 Å². The summed E-state index contributed by atoms with van der Waals surface area (Å²) in [7, 11) is -3.87. The first-order valence-corrected chi connectivity index (χ1v) is 11.6. The Morgan fingerprint density at radius 1 is 1.33 bits per heavy atom. The molecular formula is C17H27N7O5S. The molecule has 1 aliphatic rings. The van der Waals surface area contributed by atoms with E-state index in [1.54, 1.807) is 5.48 Å². The lowest BCUT2D eigenvalue weighted by Gasteiger charge is -2.22. The summed E-state index contributed by atoms with van der Waals surface area (Å²) in [6.45, 7) is -0.201. The molecule has 4 N–H and O–H groups in total. The van der Waals surface area contributed by atoms with E-state index in [1.165, 1.54) is 32.1 Å². The maximum absolute atomic E-state index is 12.1. The maximum atomic E-state index is 12.1. The quantitative estimate of drug-likeness (QED) is 0.296. The minimum absolute atomic E-state index is 0.00654. The van der Waals surface area contributed by atoms with Crippen molar-refractivity contribution in [1.29, 1.82) is 0 Å². The SMILES string of the molecule is O=C(C[C@@H](CCCC1CCCCC1)c1nc(CNS(=O)(=O)c2nnc[nH]2)no1)NO. The number of amides is 1. The summed E-state index contributed by atoms with van der Waals surface area (Å²) < 4.78 is 31.7. The van der Waals surface area contributed by atoms with E-state index in [1.807, 2.05) is 0 Å². The summed E-state index contributed by atoms with van der Waals surface area (Å²) in [4.78, 5) is 18.3. The summed E-state index contributed by atoms with van der Waals surface area (Å²) in [5, 5.41) is 19.3. The number of rotatable bonds is 11. The second kappa shape index (κ2) is 10.6. The van der Waals surface area contributed by atoms with Gasteiger partial charge in [0.15, 0.2) is 5.82 Å². The van der Waals surface area contributed by atoms with Crippen LogP contribution < -0.4 is 10.2 Å². The lowest BCUT2D eigenvalue weighted by molar-refractivity contribution is -0.129. The molecule has 0 unspecified atom stereocenters. The molecule has 2 aromatic rings. The van der Waals surface area contributed by atoms with Gasteiger partial charge in [0, 0.05) is 12.3 Å². The third-order valence-electron chi connectivity index (χ3n) is 5.35. The number of nitrogens with one attached hydrogen (secondary N) is 3. The van der Waals surface area contributed by atoms with Crippen molar-refractivity contribution < 1.29 is 22.9 Å². The van der Waals surface area contributed by atoms with Crippen LogP contribution in [0.25, 0.3) is 0 Å². The first kappa shape index (κ1) is 22.3. The van der Waals surface area contributed by atoms with Crippen LogP contribution >= 0.6 is 0 Å². The smallest absolute Gasteiger partial charge is 0.276 e. The van der Waals surface area contributed by atoms with Crippen LogP contribution in [0.3, 0.4) is 0 Å². The molecule has 2 aromatic heterocycles. The van der Waals surface area contributed by atoms with Crippen molar-refractivity contribution in [2.24, 2.45) is 5.92 Å². The third kappa shape index (κ3) is 6.31. The van der Waals surface area contributed by atoms with E-state index in [2.05, 4.69) is 30.0 Å².